The van der Waals surface area contributed by atoms with Gasteiger partial charge in [0.25, 0.3) is 5.91 Å². The zero-order chi connectivity index (χ0) is 13.9. The van der Waals surface area contributed by atoms with E-state index >= 15 is 0 Å². The summed E-state index contributed by atoms with van der Waals surface area (Å²) in [5, 5.41) is 5.00. The second-order valence-electron chi connectivity index (χ2n) is 4.22. The number of carbonyl (C=O) groups excluding carboxylic acids is 1. The molecule has 5 heteroatoms. The largest absolute Gasteiger partial charge is 0.290 e. The van der Waals surface area contributed by atoms with Gasteiger partial charge in [-0.1, -0.05) is 41.9 Å². The van der Waals surface area contributed by atoms with E-state index < -0.39 is 0 Å². The van der Waals surface area contributed by atoms with E-state index in [0.29, 0.717) is 5.56 Å². The maximum absolute atomic E-state index is 12.1. The molecule has 1 aromatic heterocycles. The highest BCUT2D eigenvalue weighted by Gasteiger charge is 2.08. The monoisotopic (exact) mass is 283 g/mol. The Hall–Kier alpha value is -2.46. The molecule has 3 rings (SSSR count). The standard InChI is InChI=1S/C15H10ClN3O/c16-13-7-8-17-15(18-13)19-14(20)12-6-5-10-3-1-2-4-11(10)9-12/h1-9H,(H,17,18,19,20). The fraction of sp³-hybridized carbons (Fsp3) is 0. The second-order valence-corrected chi connectivity index (χ2v) is 4.61. The lowest BCUT2D eigenvalue weighted by molar-refractivity contribution is 0.102. The van der Waals surface area contributed by atoms with Gasteiger partial charge in [0.15, 0.2) is 0 Å². The number of hydrogen-bond acceptors (Lipinski definition) is 3. The molecular formula is C15H10ClN3O. The van der Waals surface area contributed by atoms with Gasteiger partial charge in [-0.15, -0.1) is 0 Å². The van der Waals surface area contributed by atoms with Crippen molar-refractivity contribution in [3.05, 3.63) is 65.4 Å². The molecule has 98 valence electrons. The number of fused-ring (bicyclic) bond motifs is 1. The number of halogens is 1. The van der Waals surface area contributed by atoms with Crippen LogP contribution in [0.15, 0.2) is 54.7 Å². The van der Waals surface area contributed by atoms with Crippen LogP contribution in [-0.2, 0) is 0 Å². The van der Waals surface area contributed by atoms with E-state index in [2.05, 4.69) is 15.3 Å². The lowest BCUT2D eigenvalue weighted by Crippen LogP contribution is -2.14. The van der Waals surface area contributed by atoms with Crippen molar-refractivity contribution < 1.29 is 4.79 Å². The Balaban J connectivity index is 1.88. The molecule has 0 atom stereocenters. The van der Waals surface area contributed by atoms with E-state index in [4.69, 9.17) is 11.6 Å². The summed E-state index contributed by atoms with van der Waals surface area (Å²) < 4.78 is 0. The number of nitrogens with zero attached hydrogens (tertiary/aromatic N) is 2. The van der Waals surface area contributed by atoms with Crippen molar-refractivity contribution in [2.24, 2.45) is 0 Å². The fourth-order valence-electron chi connectivity index (χ4n) is 1.90. The minimum atomic E-state index is -0.266. The molecule has 1 amide bonds. The zero-order valence-corrected chi connectivity index (χ0v) is 11.1. The SMILES string of the molecule is O=C(Nc1nccc(Cl)n1)c1ccc2ccccc2c1. The van der Waals surface area contributed by atoms with Crippen LogP contribution in [0, 0.1) is 0 Å². The normalized spacial score (nSPS) is 10.4. The van der Waals surface area contributed by atoms with E-state index in [-0.39, 0.29) is 17.0 Å². The zero-order valence-electron chi connectivity index (χ0n) is 10.4. The summed E-state index contributed by atoms with van der Waals surface area (Å²) in [7, 11) is 0. The molecule has 0 aliphatic carbocycles. The van der Waals surface area contributed by atoms with Crippen molar-refractivity contribution >= 4 is 34.2 Å². The van der Waals surface area contributed by atoms with Crippen molar-refractivity contribution in [2.45, 2.75) is 0 Å². The summed E-state index contributed by atoms with van der Waals surface area (Å²) >= 11 is 5.75. The first kappa shape index (κ1) is 12.6. The maximum Gasteiger partial charge on any atom is 0.258 e. The molecule has 3 aromatic rings. The summed E-state index contributed by atoms with van der Waals surface area (Å²) in [6.45, 7) is 0. The molecule has 0 radical (unpaired) electrons. The van der Waals surface area contributed by atoms with Gasteiger partial charge in [-0.05, 0) is 29.0 Å². The molecule has 1 heterocycles. The van der Waals surface area contributed by atoms with Gasteiger partial charge in [-0.3, -0.25) is 10.1 Å². The Morgan fingerprint density at radius 1 is 1.05 bits per heavy atom. The second kappa shape index (κ2) is 5.27. The molecule has 4 nitrogen and oxygen atoms in total. The van der Waals surface area contributed by atoms with Gasteiger partial charge in [0, 0.05) is 11.8 Å². The molecule has 0 bridgehead atoms. The van der Waals surface area contributed by atoms with Gasteiger partial charge in [-0.2, -0.15) is 0 Å². The van der Waals surface area contributed by atoms with E-state index in [9.17, 15) is 4.79 Å². The molecule has 0 unspecified atom stereocenters. The van der Waals surface area contributed by atoms with Gasteiger partial charge in [0.2, 0.25) is 5.95 Å². The van der Waals surface area contributed by atoms with Crippen LogP contribution in [0.1, 0.15) is 10.4 Å². The third kappa shape index (κ3) is 2.60. The predicted molar refractivity (Wildman–Crippen MR) is 78.9 cm³/mol. The number of nitrogens with one attached hydrogen (secondary N) is 1. The van der Waals surface area contributed by atoms with Crippen LogP contribution in [0.5, 0.6) is 0 Å². The number of benzene rings is 2. The lowest BCUT2D eigenvalue weighted by Gasteiger charge is -2.05. The highest BCUT2D eigenvalue weighted by Crippen LogP contribution is 2.16. The minimum absolute atomic E-state index is 0.190. The van der Waals surface area contributed by atoms with Gasteiger partial charge in [0.1, 0.15) is 5.15 Å². The molecule has 2 aromatic carbocycles. The van der Waals surface area contributed by atoms with Gasteiger partial charge >= 0.3 is 0 Å². The minimum Gasteiger partial charge on any atom is -0.290 e. The number of aromatic nitrogens is 2. The van der Waals surface area contributed by atoms with E-state index in [0.717, 1.165) is 10.8 Å². The Bertz CT molecular complexity index is 789. The van der Waals surface area contributed by atoms with Crippen LogP contribution in [0.4, 0.5) is 5.95 Å². The fourth-order valence-corrected chi connectivity index (χ4v) is 2.04. The van der Waals surface area contributed by atoms with E-state index in [1.165, 1.54) is 6.20 Å². The highest BCUT2D eigenvalue weighted by atomic mass is 35.5. The summed E-state index contributed by atoms with van der Waals surface area (Å²) in [5.41, 5.74) is 0.548. The number of anilines is 1. The van der Waals surface area contributed by atoms with Crippen molar-refractivity contribution in [1.29, 1.82) is 0 Å². The molecule has 0 spiro atoms. The number of amides is 1. The van der Waals surface area contributed by atoms with Gasteiger partial charge in [0.05, 0.1) is 0 Å². The molecule has 0 fully saturated rings. The van der Waals surface area contributed by atoms with E-state index in [1.54, 1.807) is 12.1 Å². The van der Waals surface area contributed by atoms with Crippen LogP contribution in [0.3, 0.4) is 0 Å². The lowest BCUT2D eigenvalue weighted by atomic mass is 10.1. The predicted octanol–water partition coefficient (Wildman–Crippen LogP) is 3.54. The molecule has 1 N–H and O–H groups in total. The number of rotatable bonds is 2. The van der Waals surface area contributed by atoms with Crippen molar-refractivity contribution in [3.8, 4) is 0 Å². The topological polar surface area (TPSA) is 54.9 Å². The number of hydrogen-bond donors (Lipinski definition) is 1. The van der Waals surface area contributed by atoms with Crippen LogP contribution in [0.2, 0.25) is 5.15 Å². The average Bonchev–Trinajstić information content (AvgIpc) is 2.47. The van der Waals surface area contributed by atoms with E-state index in [1.807, 2.05) is 36.4 Å². The van der Waals surface area contributed by atoms with Gasteiger partial charge < -0.3 is 0 Å². The Labute approximate surface area is 120 Å². The Kier molecular flexibility index (Phi) is 3.31. The van der Waals surface area contributed by atoms with Crippen LogP contribution >= 0.6 is 11.6 Å². The Morgan fingerprint density at radius 3 is 2.65 bits per heavy atom. The first-order valence-electron chi connectivity index (χ1n) is 6.01. The van der Waals surface area contributed by atoms with Crippen molar-refractivity contribution in [2.75, 3.05) is 5.32 Å². The average molecular weight is 284 g/mol. The van der Waals surface area contributed by atoms with Crippen LogP contribution in [-0.4, -0.2) is 15.9 Å². The first-order valence-corrected chi connectivity index (χ1v) is 6.39. The summed E-state index contributed by atoms with van der Waals surface area (Å²) in [5.74, 6) is -0.0753. The van der Waals surface area contributed by atoms with Crippen molar-refractivity contribution in [3.63, 3.8) is 0 Å². The third-order valence-corrected chi connectivity index (χ3v) is 3.07. The molecule has 20 heavy (non-hydrogen) atoms. The van der Waals surface area contributed by atoms with Crippen LogP contribution in [0.25, 0.3) is 10.8 Å². The maximum atomic E-state index is 12.1. The summed E-state index contributed by atoms with van der Waals surface area (Å²) in [4.78, 5) is 20.0. The first-order chi connectivity index (χ1) is 9.72. The quantitative estimate of drug-likeness (QED) is 0.732. The summed E-state index contributed by atoms with van der Waals surface area (Å²) in [6, 6.07) is 14.9. The number of carbonyl (C=O) groups is 1. The summed E-state index contributed by atoms with van der Waals surface area (Å²) in [6.07, 6.45) is 1.49. The molecule has 0 saturated heterocycles. The molecule has 0 saturated carbocycles. The molecule has 0 aliphatic heterocycles. The van der Waals surface area contributed by atoms with Gasteiger partial charge in [-0.25, -0.2) is 9.97 Å². The molecular weight excluding hydrogens is 274 g/mol. The molecule has 0 aliphatic rings. The highest BCUT2D eigenvalue weighted by molar-refractivity contribution is 6.29. The van der Waals surface area contributed by atoms with Crippen molar-refractivity contribution in [1.82, 2.24) is 9.97 Å². The Morgan fingerprint density at radius 2 is 1.85 bits per heavy atom. The van der Waals surface area contributed by atoms with Crippen LogP contribution < -0.4 is 5.32 Å². The third-order valence-electron chi connectivity index (χ3n) is 2.86. The smallest absolute Gasteiger partial charge is 0.258 e.